The first-order valence-electron chi connectivity index (χ1n) is 8.99. The zero-order chi connectivity index (χ0) is 16.4. The lowest BCUT2D eigenvalue weighted by molar-refractivity contribution is -0.124. The molecule has 1 aliphatic heterocycles. The van der Waals surface area contributed by atoms with Crippen LogP contribution in [0, 0.1) is 5.92 Å². The lowest BCUT2D eigenvalue weighted by atomic mass is 10.0. The molecule has 0 bridgehead atoms. The van der Waals surface area contributed by atoms with E-state index in [0.29, 0.717) is 19.0 Å². The predicted molar refractivity (Wildman–Crippen MR) is 90.5 cm³/mol. The third-order valence-corrected chi connectivity index (χ3v) is 5.19. The maximum absolute atomic E-state index is 12.1. The van der Waals surface area contributed by atoms with Gasteiger partial charge in [0.1, 0.15) is 5.52 Å². The number of hydrogen-bond donors (Lipinski definition) is 2. The smallest absolute Gasteiger partial charge is 0.223 e. The van der Waals surface area contributed by atoms with E-state index in [9.17, 15) is 4.79 Å². The molecule has 2 aromatic rings. The van der Waals surface area contributed by atoms with Crippen LogP contribution in [0.2, 0.25) is 0 Å². The Kier molecular flexibility index (Phi) is 4.42. The minimum Gasteiger partial charge on any atom is -0.354 e. The van der Waals surface area contributed by atoms with E-state index in [1.807, 2.05) is 4.68 Å². The zero-order valence-electron chi connectivity index (χ0n) is 13.9. The van der Waals surface area contributed by atoms with Gasteiger partial charge < -0.3 is 10.6 Å². The van der Waals surface area contributed by atoms with Crippen molar-refractivity contribution in [2.75, 3.05) is 19.6 Å². The molecule has 1 saturated carbocycles. The van der Waals surface area contributed by atoms with Crippen molar-refractivity contribution in [2.24, 2.45) is 5.92 Å². The largest absolute Gasteiger partial charge is 0.354 e. The summed E-state index contributed by atoms with van der Waals surface area (Å²) in [5.74, 6) is 0.799. The van der Waals surface area contributed by atoms with E-state index >= 15 is 0 Å². The number of hydrogen-bond acceptors (Lipinski definition) is 5. The van der Waals surface area contributed by atoms with Gasteiger partial charge in [-0.2, -0.15) is 5.10 Å². The average Bonchev–Trinajstić information content (AvgIpc) is 3.35. The van der Waals surface area contributed by atoms with Gasteiger partial charge >= 0.3 is 0 Å². The van der Waals surface area contributed by atoms with Gasteiger partial charge in [-0.3, -0.25) is 4.79 Å². The molecule has 1 aliphatic carbocycles. The Morgan fingerprint density at radius 1 is 1.25 bits per heavy atom. The van der Waals surface area contributed by atoms with Crippen molar-refractivity contribution in [3.8, 4) is 0 Å². The Morgan fingerprint density at radius 3 is 2.88 bits per heavy atom. The molecule has 7 nitrogen and oxygen atoms in total. The molecule has 0 aromatic carbocycles. The standard InChI is InChI=1S/C17H24N6O/c24-17(12-3-1-2-4-12)21-9-10-23-16-15(19-7-8-20-16)14(22-23)13-5-6-18-11-13/h7-8,12-13,18H,1-6,9-11H2,(H,21,24)/t13-/m1/s1. The third kappa shape index (κ3) is 3.00. The molecule has 2 N–H and O–H groups in total. The second kappa shape index (κ2) is 6.84. The summed E-state index contributed by atoms with van der Waals surface area (Å²) in [4.78, 5) is 21.1. The summed E-state index contributed by atoms with van der Waals surface area (Å²) in [5.41, 5.74) is 2.74. The number of carbonyl (C=O) groups excluding carboxylic acids is 1. The molecule has 0 unspecified atom stereocenters. The van der Waals surface area contributed by atoms with Crippen LogP contribution in [0.1, 0.15) is 43.7 Å². The van der Waals surface area contributed by atoms with Crippen LogP contribution in [0.3, 0.4) is 0 Å². The first-order chi connectivity index (χ1) is 11.8. The SMILES string of the molecule is O=C(NCCn1nc([C@@H]2CCNC2)c2nccnc21)C1CCCC1. The fraction of sp³-hybridized carbons (Fsp3) is 0.647. The van der Waals surface area contributed by atoms with Gasteiger partial charge in [-0.05, 0) is 25.8 Å². The molecule has 1 atom stereocenters. The maximum atomic E-state index is 12.1. The highest BCUT2D eigenvalue weighted by molar-refractivity contribution is 5.78. The van der Waals surface area contributed by atoms with Crippen LogP contribution in [0.4, 0.5) is 0 Å². The van der Waals surface area contributed by atoms with Gasteiger partial charge in [0.2, 0.25) is 5.91 Å². The van der Waals surface area contributed by atoms with Crippen LogP contribution in [-0.2, 0) is 11.3 Å². The molecule has 0 spiro atoms. The summed E-state index contributed by atoms with van der Waals surface area (Å²) in [7, 11) is 0. The number of aromatic nitrogens is 4. The molecular formula is C17H24N6O. The Morgan fingerprint density at radius 2 is 2.08 bits per heavy atom. The van der Waals surface area contributed by atoms with E-state index in [1.165, 1.54) is 12.8 Å². The van der Waals surface area contributed by atoms with E-state index in [2.05, 4.69) is 20.6 Å². The lowest BCUT2D eigenvalue weighted by Gasteiger charge is -2.10. The summed E-state index contributed by atoms with van der Waals surface area (Å²) in [6.07, 6.45) is 8.92. The summed E-state index contributed by atoms with van der Waals surface area (Å²) in [6.45, 7) is 3.19. The molecule has 1 saturated heterocycles. The van der Waals surface area contributed by atoms with Gasteiger partial charge in [-0.1, -0.05) is 12.8 Å². The van der Waals surface area contributed by atoms with Crippen LogP contribution >= 0.6 is 0 Å². The molecular weight excluding hydrogens is 304 g/mol. The second-order valence-corrected chi connectivity index (χ2v) is 6.80. The third-order valence-electron chi connectivity index (χ3n) is 5.19. The monoisotopic (exact) mass is 328 g/mol. The minimum atomic E-state index is 0.190. The first kappa shape index (κ1) is 15.5. The lowest BCUT2D eigenvalue weighted by Crippen LogP contribution is -2.32. The van der Waals surface area contributed by atoms with Crippen molar-refractivity contribution >= 4 is 17.1 Å². The van der Waals surface area contributed by atoms with E-state index in [4.69, 9.17) is 5.10 Å². The maximum Gasteiger partial charge on any atom is 0.223 e. The highest BCUT2D eigenvalue weighted by Crippen LogP contribution is 2.27. The van der Waals surface area contributed by atoms with Gasteiger partial charge in [0, 0.05) is 37.3 Å². The molecule has 3 heterocycles. The van der Waals surface area contributed by atoms with Crippen molar-refractivity contribution in [2.45, 2.75) is 44.6 Å². The number of nitrogens with zero attached hydrogens (tertiary/aromatic N) is 4. The molecule has 128 valence electrons. The minimum absolute atomic E-state index is 0.190. The second-order valence-electron chi connectivity index (χ2n) is 6.80. The quantitative estimate of drug-likeness (QED) is 0.862. The van der Waals surface area contributed by atoms with Crippen molar-refractivity contribution in [3.63, 3.8) is 0 Å². The summed E-state index contributed by atoms with van der Waals surface area (Å²) < 4.78 is 1.89. The first-order valence-corrected chi connectivity index (χ1v) is 8.99. The van der Waals surface area contributed by atoms with E-state index in [-0.39, 0.29) is 11.8 Å². The van der Waals surface area contributed by atoms with Crippen molar-refractivity contribution in [1.29, 1.82) is 0 Å². The van der Waals surface area contributed by atoms with Crippen molar-refractivity contribution in [3.05, 3.63) is 18.1 Å². The van der Waals surface area contributed by atoms with Gasteiger partial charge in [0.05, 0.1) is 12.2 Å². The molecule has 24 heavy (non-hydrogen) atoms. The molecule has 7 heteroatoms. The van der Waals surface area contributed by atoms with E-state index < -0.39 is 0 Å². The predicted octanol–water partition coefficient (Wildman–Crippen LogP) is 1.21. The molecule has 0 radical (unpaired) electrons. The highest BCUT2D eigenvalue weighted by Gasteiger charge is 2.25. The van der Waals surface area contributed by atoms with E-state index in [0.717, 1.165) is 49.2 Å². The number of amides is 1. The molecule has 1 amide bonds. The fourth-order valence-electron chi connectivity index (χ4n) is 3.86. The Labute approximate surface area is 141 Å². The van der Waals surface area contributed by atoms with Gasteiger partial charge in [0.25, 0.3) is 0 Å². The summed E-state index contributed by atoms with van der Waals surface area (Å²) in [5, 5.41) is 11.2. The Bertz CT molecular complexity index is 715. The summed E-state index contributed by atoms with van der Waals surface area (Å²) >= 11 is 0. The van der Waals surface area contributed by atoms with Gasteiger partial charge in [-0.25, -0.2) is 14.6 Å². The van der Waals surface area contributed by atoms with Gasteiger partial charge in [-0.15, -0.1) is 0 Å². The number of fused-ring (bicyclic) bond motifs is 1. The highest BCUT2D eigenvalue weighted by atomic mass is 16.1. The normalized spacial score (nSPS) is 21.6. The van der Waals surface area contributed by atoms with Gasteiger partial charge in [0.15, 0.2) is 5.65 Å². The average molecular weight is 328 g/mol. The number of carbonyl (C=O) groups is 1. The summed E-state index contributed by atoms with van der Waals surface area (Å²) in [6, 6.07) is 0. The fourth-order valence-corrected chi connectivity index (χ4v) is 3.86. The van der Waals surface area contributed by atoms with Crippen LogP contribution < -0.4 is 10.6 Å². The van der Waals surface area contributed by atoms with Crippen LogP contribution in [0.15, 0.2) is 12.4 Å². The molecule has 2 aliphatic rings. The van der Waals surface area contributed by atoms with Crippen LogP contribution in [0.25, 0.3) is 11.2 Å². The Hall–Kier alpha value is -2.02. The van der Waals surface area contributed by atoms with Crippen molar-refractivity contribution < 1.29 is 4.79 Å². The topological polar surface area (TPSA) is 84.7 Å². The molecule has 2 aromatic heterocycles. The van der Waals surface area contributed by atoms with E-state index in [1.54, 1.807) is 12.4 Å². The van der Waals surface area contributed by atoms with Crippen molar-refractivity contribution in [1.82, 2.24) is 30.4 Å². The molecule has 4 rings (SSSR count). The Balaban J connectivity index is 1.46. The molecule has 2 fully saturated rings. The van der Waals surface area contributed by atoms with Crippen LogP contribution in [-0.4, -0.2) is 45.3 Å². The number of nitrogens with one attached hydrogen (secondary N) is 2. The zero-order valence-corrected chi connectivity index (χ0v) is 13.9. The number of rotatable bonds is 5. The van der Waals surface area contributed by atoms with Crippen LogP contribution in [0.5, 0.6) is 0 Å².